The number of benzene rings is 1. The molecule has 2 aliphatic rings. The predicted molar refractivity (Wildman–Crippen MR) is 102 cm³/mol. The van der Waals surface area contributed by atoms with Gasteiger partial charge in [-0.25, -0.2) is 0 Å². The topological polar surface area (TPSA) is 97.0 Å². The van der Waals surface area contributed by atoms with Gasteiger partial charge in [-0.3, -0.25) is 9.59 Å². The van der Waals surface area contributed by atoms with Crippen molar-refractivity contribution in [3.8, 4) is 11.3 Å². The van der Waals surface area contributed by atoms with E-state index in [0.717, 1.165) is 37.0 Å². The number of aromatic nitrogens is 3. The van der Waals surface area contributed by atoms with Crippen molar-refractivity contribution in [3.05, 3.63) is 36.0 Å². The summed E-state index contributed by atoms with van der Waals surface area (Å²) in [4.78, 5) is 24.5. The lowest BCUT2D eigenvalue weighted by Crippen LogP contribution is -2.52. The molecule has 2 aromatic rings. The zero-order chi connectivity index (χ0) is 18.9. The van der Waals surface area contributed by atoms with Gasteiger partial charge in [0.15, 0.2) is 5.69 Å². The van der Waals surface area contributed by atoms with Crippen LogP contribution in [0.25, 0.3) is 11.3 Å². The van der Waals surface area contributed by atoms with Crippen molar-refractivity contribution < 1.29 is 14.3 Å². The highest BCUT2D eigenvalue weighted by Gasteiger charge is 2.51. The molecule has 1 aromatic carbocycles. The van der Waals surface area contributed by atoms with Gasteiger partial charge in [0.2, 0.25) is 0 Å². The number of hydrogen-bond donors (Lipinski definition) is 2. The summed E-state index contributed by atoms with van der Waals surface area (Å²) in [6.45, 7) is 0. The van der Waals surface area contributed by atoms with Crippen LogP contribution >= 0.6 is 11.8 Å². The van der Waals surface area contributed by atoms with Gasteiger partial charge in [-0.1, -0.05) is 30.3 Å². The number of thioether (sulfide) groups is 1. The third kappa shape index (κ3) is 3.58. The average molecular weight is 386 g/mol. The molecule has 1 atom stereocenters. The molecule has 2 heterocycles. The molecule has 1 aromatic heterocycles. The van der Waals surface area contributed by atoms with Crippen LogP contribution in [-0.4, -0.2) is 50.9 Å². The summed E-state index contributed by atoms with van der Waals surface area (Å²) in [6.07, 6.45) is 3.45. The number of nitrogens with zero attached hydrogens (tertiary/aromatic N) is 2. The first-order valence-corrected chi connectivity index (χ1v) is 10.1. The molecule has 1 saturated carbocycles. The van der Waals surface area contributed by atoms with Crippen molar-refractivity contribution in [2.45, 2.75) is 36.5 Å². The summed E-state index contributed by atoms with van der Waals surface area (Å²) in [6, 6.07) is 9.62. The average Bonchev–Trinajstić information content (AvgIpc) is 3.16. The number of amides is 1. The second kappa shape index (κ2) is 7.34. The zero-order valence-electron chi connectivity index (χ0n) is 15.1. The maximum absolute atomic E-state index is 12.8. The van der Waals surface area contributed by atoms with Gasteiger partial charge in [-0.2, -0.15) is 27.2 Å². The second-order valence-corrected chi connectivity index (χ2v) is 8.77. The van der Waals surface area contributed by atoms with E-state index in [9.17, 15) is 9.59 Å². The van der Waals surface area contributed by atoms with E-state index in [1.54, 1.807) is 0 Å². The Balaban J connectivity index is 1.41. The highest BCUT2D eigenvalue weighted by Crippen LogP contribution is 2.53. The molecule has 1 spiro atoms. The lowest BCUT2D eigenvalue weighted by Gasteiger charge is -2.50. The Hall–Kier alpha value is -2.35. The first-order chi connectivity index (χ1) is 13.1. The third-order valence-corrected chi connectivity index (χ3v) is 6.96. The lowest BCUT2D eigenvalue weighted by molar-refractivity contribution is -0.149. The molecule has 0 radical (unpaired) electrons. The molecule has 1 aliphatic heterocycles. The number of methoxy groups -OCH3 is 1. The SMILES string of the molecule is COC(=O)C1CC2(CC(NC(=O)c3n[nH]nc3-c3ccccc3)CCS2)C1. The minimum absolute atomic E-state index is 0.00262. The first kappa shape index (κ1) is 18.0. The Bertz CT molecular complexity index is 832. The summed E-state index contributed by atoms with van der Waals surface area (Å²) in [5.41, 5.74) is 1.73. The maximum Gasteiger partial charge on any atom is 0.308 e. The number of carbonyl (C=O) groups is 2. The number of esters is 1. The highest BCUT2D eigenvalue weighted by atomic mass is 32.2. The smallest absolute Gasteiger partial charge is 0.308 e. The Kier molecular flexibility index (Phi) is 4.90. The van der Waals surface area contributed by atoms with E-state index >= 15 is 0 Å². The number of nitrogens with one attached hydrogen (secondary N) is 2. The Morgan fingerprint density at radius 1 is 1.22 bits per heavy atom. The van der Waals surface area contributed by atoms with Crippen molar-refractivity contribution in [1.82, 2.24) is 20.7 Å². The summed E-state index contributed by atoms with van der Waals surface area (Å²) in [5.74, 6) is 0.640. The van der Waals surface area contributed by atoms with E-state index in [-0.39, 0.29) is 28.6 Å². The molecule has 2 N–H and O–H groups in total. The van der Waals surface area contributed by atoms with Crippen LogP contribution in [0.2, 0.25) is 0 Å². The van der Waals surface area contributed by atoms with Crippen LogP contribution in [0.4, 0.5) is 0 Å². The fourth-order valence-corrected chi connectivity index (χ4v) is 5.84. The van der Waals surface area contributed by atoms with E-state index in [2.05, 4.69) is 20.7 Å². The summed E-state index contributed by atoms with van der Waals surface area (Å²) in [7, 11) is 1.44. The van der Waals surface area contributed by atoms with Crippen molar-refractivity contribution >= 4 is 23.6 Å². The van der Waals surface area contributed by atoms with Crippen molar-refractivity contribution in [1.29, 1.82) is 0 Å². The molecule has 8 heteroatoms. The van der Waals surface area contributed by atoms with E-state index in [1.165, 1.54) is 7.11 Å². The van der Waals surface area contributed by atoms with Gasteiger partial charge in [0.25, 0.3) is 5.91 Å². The zero-order valence-corrected chi connectivity index (χ0v) is 15.9. The molecule has 27 heavy (non-hydrogen) atoms. The molecule has 1 amide bonds. The van der Waals surface area contributed by atoms with Crippen molar-refractivity contribution in [2.75, 3.05) is 12.9 Å². The quantitative estimate of drug-likeness (QED) is 0.784. The second-order valence-electron chi connectivity index (χ2n) is 7.21. The van der Waals surface area contributed by atoms with E-state index in [4.69, 9.17) is 4.74 Å². The van der Waals surface area contributed by atoms with Crippen LogP contribution in [0.15, 0.2) is 30.3 Å². The monoisotopic (exact) mass is 386 g/mol. The van der Waals surface area contributed by atoms with Gasteiger partial charge in [0.1, 0.15) is 5.69 Å². The van der Waals surface area contributed by atoms with Gasteiger partial charge in [-0.05, 0) is 31.4 Å². The molecule has 1 saturated heterocycles. The van der Waals surface area contributed by atoms with Gasteiger partial charge in [0.05, 0.1) is 13.0 Å². The van der Waals surface area contributed by atoms with Gasteiger partial charge < -0.3 is 10.1 Å². The Labute approximate surface area is 161 Å². The molecular weight excluding hydrogens is 364 g/mol. The minimum atomic E-state index is -0.210. The third-order valence-electron chi connectivity index (χ3n) is 5.41. The predicted octanol–water partition coefficient (Wildman–Crippen LogP) is 2.42. The normalized spacial score (nSPS) is 27.0. The lowest BCUT2D eigenvalue weighted by atomic mass is 9.70. The fraction of sp³-hybridized carbons (Fsp3) is 0.474. The molecule has 7 nitrogen and oxygen atoms in total. The molecule has 4 rings (SSSR count). The molecule has 1 unspecified atom stereocenters. The molecule has 142 valence electrons. The van der Waals surface area contributed by atoms with Crippen LogP contribution < -0.4 is 5.32 Å². The van der Waals surface area contributed by atoms with Crippen LogP contribution in [-0.2, 0) is 9.53 Å². The number of hydrogen-bond acceptors (Lipinski definition) is 6. The Morgan fingerprint density at radius 2 is 2.00 bits per heavy atom. The van der Waals surface area contributed by atoms with Crippen LogP contribution in [0.1, 0.15) is 36.2 Å². The number of rotatable bonds is 4. The molecular formula is C19H22N4O3S. The van der Waals surface area contributed by atoms with Gasteiger partial charge in [-0.15, -0.1) is 0 Å². The summed E-state index contributed by atoms with van der Waals surface area (Å²) >= 11 is 1.92. The standard InChI is InChI=1S/C19H22N4O3S/c1-26-18(25)13-9-19(10-13)11-14(7-8-27-19)20-17(24)16-15(21-23-22-16)12-5-3-2-4-6-12/h2-6,13-14H,7-11H2,1H3,(H,20,24)(H,21,22,23). The largest absolute Gasteiger partial charge is 0.469 e. The van der Waals surface area contributed by atoms with Crippen molar-refractivity contribution in [2.24, 2.45) is 5.92 Å². The number of H-pyrrole nitrogens is 1. The molecule has 2 fully saturated rings. The van der Waals surface area contributed by atoms with Crippen LogP contribution in [0.5, 0.6) is 0 Å². The van der Waals surface area contributed by atoms with E-state index in [1.807, 2.05) is 42.1 Å². The summed E-state index contributed by atoms with van der Waals surface area (Å²) in [5, 5.41) is 13.9. The van der Waals surface area contributed by atoms with Gasteiger partial charge >= 0.3 is 5.97 Å². The highest BCUT2D eigenvalue weighted by molar-refractivity contribution is 8.00. The molecule has 0 bridgehead atoms. The molecule has 1 aliphatic carbocycles. The fourth-order valence-electron chi connectivity index (χ4n) is 4.05. The van der Waals surface area contributed by atoms with Crippen LogP contribution in [0, 0.1) is 5.92 Å². The number of ether oxygens (including phenoxy) is 1. The first-order valence-electron chi connectivity index (χ1n) is 9.09. The van der Waals surface area contributed by atoms with E-state index < -0.39 is 0 Å². The minimum Gasteiger partial charge on any atom is -0.469 e. The number of aromatic amines is 1. The maximum atomic E-state index is 12.8. The van der Waals surface area contributed by atoms with Gasteiger partial charge in [0, 0.05) is 16.4 Å². The van der Waals surface area contributed by atoms with E-state index in [0.29, 0.717) is 11.4 Å². The van der Waals surface area contributed by atoms with Crippen molar-refractivity contribution in [3.63, 3.8) is 0 Å². The number of carbonyl (C=O) groups excluding carboxylic acids is 2. The van der Waals surface area contributed by atoms with Crippen LogP contribution in [0.3, 0.4) is 0 Å². The Morgan fingerprint density at radius 3 is 2.74 bits per heavy atom. The summed E-state index contributed by atoms with van der Waals surface area (Å²) < 4.78 is 4.93.